The van der Waals surface area contributed by atoms with Crippen LogP contribution in [0.1, 0.15) is 25.6 Å². The van der Waals surface area contributed by atoms with Crippen molar-refractivity contribution in [3.63, 3.8) is 0 Å². The number of ether oxygens (including phenoxy) is 1. The van der Waals surface area contributed by atoms with Crippen LogP contribution in [0.5, 0.6) is 0 Å². The van der Waals surface area contributed by atoms with Gasteiger partial charge in [0, 0.05) is 19.7 Å². The summed E-state index contributed by atoms with van der Waals surface area (Å²) in [6.45, 7) is 2.41. The first kappa shape index (κ1) is 15.4. The summed E-state index contributed by atoms with van der Waals surface area (Å²) in [5.74, 6) is 1.01. The van der Waals surface area contributed by atoms with E-state index >= 15 is 0 Å². The summed E-state index contributed by atoms with van der Waals surface area (Å²) in [6, 6.07) is 3.53. The number of aryl methyl sites for hydroxylation is 2. The fourth-order valence-corrected chi connectivity index (χ4v) is 1.89. The van der Waals surface area contributed by atoms with Crippen LogP contribution in [0.25, 0.3) is 11.5 Å². The third kappa shape index (κ3) is 4.26. The van der Waals surface area contributed by atoms with Crippen molar-refractivity contribution in [1.82, 2.24) is 19.7 Å². The van der Waals surface area contributed by atoms with E-state index in [2.05, 4.69) is 15.1 Å². The minimum Gasteiger partial charge on any atom is -0.466 e. The standard InChI is InChI=1S/C14H17ClN4O2/c1-3-8-21-13(20)7-6-12-17-14(19(2)18-12)11-5-4-10(15)9-16-11/h4-5,9H,3,6-8H2,1-2H3. The summed E-state index contributed by atoms with van der Waals surface area (Å²) in [6.07, 6.45) is 3.11. The predicted molar refractivity (Wildman–Crippen MR) is 78.8 cm³/mol. The Morgan fingerprint density at radius 3 is 2.90 bits per heavy atom. The van der Waals surface area contributed by atoms with E-state index in [0.29, 0.717) is 35.4 Å². The molecule has 7 heteroatoms. The van der Waals surface area contributed by atoms with Gasteiger partial charge in [-0.15, -0.1) is 0 Å². The molecule has 0 spiro atoms. The molecule has 0 bridgehead atoms. The number of halogens is 1. The Kier molecular flexibility index (Phi) is 5.27. The first-order valence-corrected chi connectivity index (χ1v) is 7.15. The van der Waals surface area contributed by atoms with Crippen LogP contribution in [0, 0.1) is 0 Å². The number of hydrogen-bond acceptors (Lipinski definition) is 5. The SMILES string of the molecule is CCCOC(=O)CCc1nc(-c2ccc(Cl)cn2)n(C)n1. The highest BCUT2D eigenvalue weighted by molar-refractivity contribution is 6.30. The largest absolute Gasteiger partial charge is 0.466 e. The molecular formula is C14H17ClN4O2. The lowest BCUT2D eigenvalue weighted by Crippen LogP contribution is -2.07. The van der Waals surface area contributed by atoms with Gasteiger partial charge in [0.05, 0.1) is 18.1 Å². The number of aromatic nitrogens is 4. The molecule has 21 heavy (non-hydrogen) atoms. The Morgan fingerprint density at radius 1 is 1.43 bits per heavy atom. The molecule has 0 fully saturated rings. The van der Waals surface area contributed by atoms with Crippen LogP contribution >= 0.6 is 11.6 Å². The number of rotatable bonds is 6. The molecule has 0 N–H and O–H groups in total. The third-order valence-corrected chi connectivity index (χ3v) is 3.01. The predicted octanol–water partition coefficient (Wildman–Crippen LogP) is 2.42. The van der Waals surface area contributed by atoms with Crippen molar-refractivity contribution >= 4 is 17.6 Å². The van der Waals surface area contributed by atoms with Gasteiger partial charge in [-0.25, -0.2) is 9.67 Å². The number of carbonyl (C=O) groups is 1. The van der Waals surface area contributed by atoms with Crippen molar-refractivity contribution in [2.75, 3.05) is 6.61 Å². The molecule has 2 aromatic heterocycles. The zero-order valence-electron chi connectivity index (χ0n) is 12.0. The molecule has 2 aromatic rings. The van der Waals surface area contributed by atoms with Crippen LogP contribution in [0.15, 0.2) is 18.3 Å². The highest BCUT2D eigenvalue weighted by Crippen LogP contribution is 2.16. The van der Waals surface area contributed by atoms with E-state index in [0.717, 1.165) is 6.42 Å². The number of carbonyl (C=O) groups excluding carboxylic acids is 1. The molecule has 0 aliphatic heterocycles. The van der Waals surface area contributed by atoms with Crippen molar-refractivity contribution in [1.29, 1.82) is 0 Å². The van der Waals surface area contributed by atoms with E-state index in [1.54, 1.807) is 30.1 Å². The molecule has 2 heterocycles. The van der Waals surface area contributed by atoms with E-state index in [9.17, 15) is 4.79 Å². The summed E-state index contributed by atoms with van der Waals surface area (Å²) in [5.41, 5.74) is 0.689. The lowest BCUT2D eigenvalue weighted by Gasteiger charge is -2.00. The molecule has 0 amide bonds. The second-order valence-corrected chi connectivity index (χ2v) is 4.99. The van der Waals surface area contributed by atoms with Crippen LogP contribution < -0.4 is 0 Å². The molecule has 0 radical (unpaired) electrons. The van der Waals surface area contributed by atoms with Gasteiger partial charge in [0.2, 0.25) is 0 Å². The Balaban J connectivity index is 2.02. The van der Waals surface area contributed by atoms with Crippen molar-refractivity contribution in [3.05, 3.63) is 29.2 Å². The molecule has 0 atom stereocenters. The van der Waals surface area contributed by atoms with Gasteiger partial charge in [0.1, 0.15) is 5.69 Å². The maximum atomic E-state index is 11.5. The Morgan fingerprint density at radius 2 is 2.24 bits per heavy atom. The van der Waals surface area contributed by atoms with Crippen LogP contribution in [-0.2, 0) is 23.0 Å². The van der Waals surface area contributed by atoms with Gasteiger partial charge in [-0.05, 0) is 18.6 Å². The summed E-state index contributed by atoms with van der Waals surface area (Å²) in [7, 11) is 1.79. The molecule has 2 rings (SSSR count). The minimum atomic E-state index is -0.226. The fourth-order valence-electron chi connectivity index (χ4n) is 1.78. The first-order valence-electron chi connectivity index (χ1n) is 6.77. The van der Waals surface area contributed by atoms with E-state index in [4.69, 9.17) is 16.3 Å². The van der Waals surface area contributed by atoms with Gasteiger partial charge < -0.3 is 4.74 Å². The Labute approximate surface area is 128 Å². The van der Waals surface area contributed by atoms with Crippen LogP contribution in [0.4, 0.5) is 0 Å². The lowest BCUT2D eigenvalue weighted by atomic mass is 10.3. The van der Waals surface area contributed by atoms with Gasteiger partial charge in [-0.1, -0.05) is 18.5 Å². The van der Waals surface area contributed by atoms with E-state index in [-0.39, 0.29) is 12.4 Å². The summed E-state index contributed by atoms with van der Waals surface area (Å²) >= 11 is 5.81. The van der Waals surface area contributed by atoms with Gasteiger partial charge in [0.25, 0.3) is 0 Å². The zero-order chi connectivity index (χ0) is 15.2. The number of pyridine rings is 1. The van der Waals surface area contributed by atoms with Gasteiger partial charge in [-0.2, -0.15) is 5.10 Å². The monoisotopic (exact) mass is 308 g/mol. The molecule has 0 saturated carbocycles. The van der Waals surface area contributed by atoms with E-state index < -0.39 is 0 Å². The molecule has 0 saturated heterocycles. The first-order chi connectivity index (χ1) is 10.1. The molecule has 6 nitrogen and oxygen atoms in total. The normalized spacial score (nSPS) is 10.6. The van der Waals surface area contributed by atoms with Crippen LogP contribution in [0.3, 0.4) is 0 Å². The van der Waals surface area contributed by atoms with E-state index in [1.807, 2.05) is 6.92 Å². The fraction of sp³-hybridized carbons (Fsp3) is 0.429. The quantitative estimate of drug-likeness (QED) is 0.766. The van der Waals surface area contributed by atoms with Crippen LogP contribution in [0.2, 0.25) is 5.02 Å². The second kappa shape index (κ2) is 7.17. The average Bonchev–Trinajstić information content (AvgIpc) is 2.85. The molecule has 0 aromatic carbocycles. The summed E-state index contributed by atoms with van der Waals surface area (Å²) in [5, 5.41) is 4.86. The van der Waals surface area contributed by atoms with Gasteiger partial charge in [-0.3, -0.25) is 9.78 Å². The molecule has 0 aliphatic rings. The molecule has 0 aliphatic carbocycles. The van der Waals surface area contributed by atoms with Crippen molar-refractivity contribution in [2.24, 2.45) is 7.05 Å². The molecular weight excluding hydrogens is 292 g/mol. The Bertz CT molecular complexity index is 610. The Hall–Kier alpha value is -1.95. The molecule has 112 valence electrons. The van der Waals surface area contributed by atoms with Crippen molar-refractivity contribution < 1.29 is 9.53 Å². The second-order valence-electron chi connectivity index (χ2n) is 4.56. The topological polar surface area (TPSA) is 69.9 Å². The maximum absolute atomic E-state index is 11.5. The third-order valence-electron chi connectivity index (χ3n) is 2.78. The molecule has 0 unspecified atom stereocenters. The average molecular weight is 309 g/mol. The minimum absolute atomic E-state index is 0.226. The van der Waals surface area contributed by atoms with E-state index in [1.165, 1.54) is 0 Å². The van der Waals surface area contributed by atoms with Crippen molar-refractivity contribution in [2.45, 2.75) is 26.2 Å². The highest BCUT2D eigenvalue weighted by Gasteiger charge is 2.12. The highest BCUT2D eigenvalue weighted by atomic mass is 35.5. The summed E-state index contributed by atoms with van der Waals surface area (Å²) in [4.78, 5) is 20.1. The number of esters is 1. The number of hydrogen-bond donors (Lipinski definition) is 0. The van der Waals surface area contributed by atoms with Gasteiger partial charge in [0.15, 0.2) is 11.6 Å². The summed E-state index contributed by atoms with van der Waals surface area (Å²) < 4.78 is 6.66. The van der Waals surface area contributed by atoms with Gasteiger partial charge >= 0.3 is 5.97 Å². The van der Waals surface area contributed by atoms with Crippen LogP contribution in [-0.4, -0.2) is 32.3 Å². The smallest absolute Gasteiger partial charge is 0.306 e. The lowest BCUT2D eigenvalue weighted by molar-refractivity contribution is -0.143. The maximum Gasteiger partial charge on any atom is 0.306 e. The van der Waals surface area contributed by atoms with Crippen molar-refractivity contribution in [3.8, 4) is 11.5 Å². The zero-order valence-corrected chi connectivity index (χ0v) is 12.8. The number of nitrogens with zero attached hydrogens (tertiary/aromatic N) is 4.